The zero-order valence-corrected chi connectivity index (χ0v) is 17.5. The lowest BCUT2D eigenvalue weighted by molar-refractivity contribution is -0.128. The average Bonchev–Trinajstić information content (AvgIpc) is 3.08. The number of carbonyl (C=O) groups is 2. The zero-order valence-electron chi connectivity index (χ0n) is 15.9. The van der Waals surface area contributed by atoms with Crippen molar-refractivity contribution < 1.29 is 19.1 Å². The first-order valence-electron chi connectivity index (χ1n) is 9.05. The lowest BCUT2D eigenvalue weighted by Gasteiger charge is -2.17. The molecule has 0 bridgehead atoms. The Labute approximate surface area is 172 Å². The Balaban J connectivity index is 1.55. The third-order valence-corrected chi connectivity index (χ3v) is 5.34. The number of nitrogens with zero attached hydrogens (tertiary/aromatic N) is 1. The van der Waals surface area contributed by atoms with Crippen molar-refractivity contribution in [1.82, 2.24) is 4.90 Å². The molecular weight excluding hydrogens is 424 g/mol. The van der Waals surface area contributed by atoms with Crippen LogP contribution in [0.3, 0.4) is 0 Å². The second kappa shape index (κ2) is 9.10. The van der Waals surface area contributed by atoms with Gasteiger partial charge in [-0.05, 0) is 48.4 Å². The predicted octanol–water partition coefficient (Wildman–Crippen LogP) is 3.50. The molecule has 148 valence electrons. The number of ether oxygens (including phenoxy) is 2. The SMILES string of the molecule is COc1ccc(CCN2CC(C(=O)Nc3ccc(Br)cc3)CC2=O)cc1OC. The standard InChI is InChI=1S/C21H23BrN2O4/c1-27-18-8-3-14(11-19(18)28-2)9-10-24-13-15(12-20(24)25)21(26)23-17-6-4-16(22)5-7-17/h3-8,11,15H,9-10,12-13H2,1-2H3,(H,23,26). The van der Waals surface area contributed by atoms with Crippen LogP contribution in [-0.2, 0) is 16.0 Å². The van der Waals surface area contributed by atoms with Gasteiger partial charge in [-0.25, -0.2) is 0 Å². The van der Waals surface area contributed by atoms with Gasteiger partial charge in [0.15, 0.2) is 11.5 Å². The number of halogens is 1. The molecule has 2 aromatic rings. The van der Waals surface area contributed by atoms with Gasteiger partial charge < -0.3 is 19.7 Å². The lowest BCUT2D eigenvalue weighted by Crippen LogP contribution is -2.30. The summed E-state index contributed by atoms with van der Waals surface area (Å²) < 4.78 is 11.5. The van der Waals surface area contributed by atoms with E-state index in [0.717, 1.165) is 15.7 Å². The molecule has 6 nitrogen and oxygen atoms in total. The van der Waals surface area contributed by atoms with E-state index in [0.29, 0.717) is 31.0 Å². The van der Waals surface area contributed by atoms with Gasteiger partial charge in [-0.15, -0.1) is 0 Å². The summed E-state index contributed by atoms with van der Waals surface area (Å²) in [5.41, 5.74) is 1.78. The van der Waals surface area contributed by atoms with Crippen molar-refractivity contribution in [3.05, 3.63) is 52.5 Å². The van der Waals surface area contributed by atoms with E-state index in [2.05, 4.69) is 21.2 Å². The Morgan fingerprint density at radius 3 is 2.54 bits per heavy atom. The average molecular weight is 447 g/mol. The van der Waals surface area contributed by atoms with Gasteiger partial charge in [-0.3, -0.25) is 9.59 Å². The van der Waals surface area contributed by atoms with E-state index in [-0.39, 0.29) is 24.2 Å². The molecule has 1 fully saturated rings. The summed E-state index contributed by atoms with van der Waals surface area (Å²) in [4.78, 5) is 26.6. The Bertz CT molecular complexity index is 854. The van der Waals surface area contributed by atoms with Gasteiger partial charge in [0.2, 0.25) is 11.8 Å². The third-order valence-electron chi connectivity index (χ3n) is 4.82. The number of hydrogen-bond acceptors (Lipinski definition) is 4. The van der Waals surface area contributed by atoms with Crippen molar-refractivity contribution in [2.75, 3.05) is 32.6 Å². The van der Waals surface area contributed by atoms with Crippen molar-refractivity contribution >= 4 is 33.4 Å². The molecule has 2 amide bonds. The number of hydrogen-bond donors (Lipinski definition) is 1. The maximum Gasteiger partial charge on any atom is 0.229 e. The summed E-state index contributed by atoms with van der Waals surface area (Å²) in [6.07, 6.45) is 0.932. The molecular formula is C21H23BrN2O4. The highest BCUT2D eigenvalue weighted by Crippen LogP contribution is 2.28. The van der Waals surface area contributed by atoms with Crippen molar-refractivity contribution in [3.63, 3.8) is 0 Å². The molecule has 0 radical (unpaired) electrons. The van der Waals surface area contributed by atoms with Crippen LogP contribution in [0.5, 0.6) is 11.5 Å². The van der Waals surface area contributed by atoms with E-state index < -0.39 is 0 Å². The molecule has 1 unspecified atom stereocenters. The van der Waals surface area contributed by atoms with Crippen LogP contribution in [0.2, 0.25) is 0 Å². The minimum atomic E-state index is -0.332. The van der Waals surface area contributed by atoms with Crippen LogP contribution in [0.4, 0.5) is 5.69 Å². The molecule has 28 heavy (non-hydrogen) atoms. The molecule has 2 aromatic carbocycles. The minimum absolute atomic E-state index is 0.0106. The van der Waals surface area contributed by atoms with Gasteiger partial charge in [0, 0.05) is 29.7 Å². The maximum absolute atomic E-state index is 12.5. The van der Waals surface area contributed by atoms with Crippen LogP contribution in [0.25, 0.3) is 0 Å². The monoisotopic (exact) mass is 446 g/mol. The first kappa shape index (κ1) is 20.2. The fourth-order valence-corrected chi connectivity index (χ4v) is 3.51. The highest BCUT2D eigenvalue weighted by Gasteiger charge is 2.34. The van der Waals surface area contributed by atoms with Crippen molar-refractivity contribution in [2.45, 2.75) is 12.8 Å². The van der Waals surface area contributed by atoms with Gasteiger partial charge in [0.05, 0.1) is 20.1 Å². The number of benzene rings is 2. The summed E-state index contributed by atoms with van der Waals surface area (Å²) in [5, 5.41) is 2.88. The molecule has 1 aliphatic rings. The van der Waals surface area contributed by atoms with Crippen LogP contribution >= 0.6 is 15.9 Å². The van der Waals surface area contributed by atoms with E-state index >= 15 is 0 Å². The largest absolute Gasteiger partial charge is 0.493 e. The maximum atomic E-state index is 12.5. The van der Waals surface area contributed by atoms with Gasteiger partial charge in [0.1, 0.15) is 0 Å². The first-order chi connectivity index (χ1) is 13.5. The highest BCUT2D eigenvalue weighted by atomic mass is 79.9. The predicted molar refractivity (Wildman–Crippen MR) is 111 cm³/mol. The van der Waals surface area contributed by atoms with E-state index in [1.807, 2.05) is 42.5 Å². The number of anilines is 1. The Morgan fingerprint density at radius 1 is 1.14 bits per heavy atom. The molecule has 7 heteroatoms. The summed E-state index contributed by atoms with van der Waals surface area (Å²) in [6, 6.07) is 13.1. The summed E-state index contributed by atoms with van der Waals surface area (Å²) >= 11 is 3.37. The topological polar surface area (TPSA) is 67.9 Å². The van der Waals surface area contributed by atoms with Gasteiger partial charge >= 0.3 is 0 Å². The number of methoxy groups -OCH3 is 2. The quantitative estimate of drug-likeness (QED) is 0.706. The minimum Gasteiger partial charge on any atom is -0.493 e. The molecule has 0 aromatic heterocycles. The fraction of sp³-hybridized carbons (Fsp3) is 0.333. The highest BCUT2D eigenvalue weighted by molar-refractivity contribution is 9.10. The molecule has 3 rings (SSSR count). The number of carbonyl (C=O) groups excluding carboxylic acids is 2. The van der Waals surface area contributed by atoms with Gasteiger partial charge in [0.25, 0.3) is 0 Å². The molecule has 1 saturated heterocycles. The molecule has 0 aliphatic carbocycles. The smallest absolute Gasteiger partial charge is 0.229 e. The van der Waals surface area contributed by atoms with E-state index in [1.54, 1.807) is 19.1 Å². The van der Waals surface area contributed by atoms with E-state index in [9.17, 15) is 9.59 Å². The lowest BCUT2D eigenvalue weighted by atomic mass is 10.1. The molecule has 1 N–H and O–H groups in total. The van der Waals surface area contributed by atoms with E-state index in [4.69, 9.17) is 9.47 Å². The Kier molecular flexibility index (Phi) is 6.57. The van der Waals surface area contributed by atoms with Crippen LogP contribution in [0.15, 0.2) is 46.9 Å². The summed E-state index contributed by atoms with van der Waals surface area (Å²) in [6.45, 7) is 1.00. The van der Waals surface area contributed by atoms with Crippen LogP contribution in [-0.4, -0.2) is 44.0 Å². The van der Waals surface area contributed by atoms with Crippen molar-refractivity contribution in [1.29, 1.82) is 0 Å². The zero-order chi connectivity index (χ0) is 20.1. The molecule has 0 saturated carbocycles. The van der Waals surface area contributed by atoms with Crippen LogP contribution in [0.1, 0.15) is 12.0 Å². The molecule has 1 atom stereocenters. The van der Waals surface area contributed by atoms with Crippen molar-refractivity contribution in [3.8, 4) is 11.5 Å². The molecule has 0 spiro atoms. The summed E-state index contributed by atoms with van der Waals surface area (Å²) in [7, 11) is 3.19. The normalized spacial score (nSPS) is 16.2. The molecule has 1 aliphatic heterocycles. The second-order valence-corrected chi connectivity index (χ2v) is 7.59. The van der Waals surface area contributed by atoms with Crippen LogP contribution in [0, 0.1) is 5.92 Å². The van der Waals surface area contributed by atoms with E-state index in [1.165, 1.54) is 0 Å². The number of amides is 2. The number of nitrogens with one attached hydrogen (secondary N) is 1. The third kappa shape index (κ3) is 4.84. The Hall–Kier alpha value is -2.54. The number of rotatable bonds is 7. The summed E-state index contributed by atoms with van der Waals surface area (Å²) in [5.74, 6) is 0.898. The van der Waals surface area contributed by atoms with Crippen LogP contribution < -0.4 is 14.8 Å². The van der Waals surface area contributed by atoms with Gasteiger partial charge in [-0.2, -0.15) is 0 Å². The number of likely N-dealkylation sites (tertiary alicyclic amines) is 1. The second-order valence-electron chi connectivity index (χ2n) is 6.68. The van der Waals surface area contributed by atoms with Gasteiger partial charge in [-0.1, -0.05) is 22.0 Å². The van der Waals surface area contributed by atoms with Crippen molar-refractivity contribution in [2.24, 2.45) is 5.92 Å². The first-order valence-corrected chi connectivity index (χ1v) is 9.84. The Morgan fingerprint density at radius 2 is 1.86 bits per heavy atom. The fourth-order valence-electron chi connectivity index (χ4n) is 3.24. The molecule has 1 heterocycles.